The van der Waals surface area contributed by atoms with E-state index >= 15 is 0 Å². The van der Waals surface area contributed by atoms with Crippen LogP contribution in [-0.2, 0) is 4.74 Å². The van der Waals surface area contributed by atoms with Gasteiger partial charge in [-0.25, -0.2) is 13.2 Å². The van der Waals surface area contributed by atoms with Gasteiger partial charge in [0, 0.05) is 32.3 Å². The first kappa shape index (κ1) is 16.5. The highest BCUT2D eigenvalue weighted by Gasteiger charge is 2.14. The van der Waals surface area contributed by atoms with Crippen molar-refractivity contribution >= 4 is 5.91 Å². The monoisotopic (exact) mass is 290 g/mol. The smallest absolute Gasteiger partial charge is 0.251 e. The summed E-state index contributed by atoms with van der Waals surface area (Å²) in [6.07, 6.45) is 0. The predicted molar refractivity (Wildman–Crippen MR) is 68.0 cm³/mol. The van der Waals surface area contributed by atoms with Gasteiger partial charge in [0.2, 0.25) is 0 Å². The zero-order valence-electron chi connectivity index (χ0n) is 11.4. The minimum absolute atomic E-state index is 0.249. The van der Waals surface area contributed by atoms with Crippen LogP contribution in [0.5, 0.6) is 0 Å². The molecule has 0 atom stereocenters. The van der Waals surface area contributed by atoms with Crippen LogP contribution in [0.25, 0.3) is 0 Å². The lowest BCUT2D eigenvalue weighted by molar-refractivity contribution is 0.0946. The van der Waals surface area contributed by atoms with Gasteiger partial charge in [0.1, 0.15) is 0 Å². The lowest BCUT2D eigenvalue weighted by Gasteiger charge is -2.16. The van der Waals surface area contributed by atoms with Crippen molar-refractivity contribution in [2.24, 2.45) is 0 Å². The number of ether oxygens (including phenoxy) is 1. The van der Waals surface area contributed by atoms with Crippen LogP contribution >= 0.6 is 0 Å². The lowest BCUT2D eigenvalue weighted by Crippen LogP contribution is -2.34. The fourth-order valence-corrected chi connectivity index (χ4v) is 1.51. The second-order valence-corrected chi connectivity index (χ2v) is 4.31. The second-order valence-electron chi connectivity index (χ2n) is 4.31. The highest BCUT2D eigenvalue weighted by Crippen LogP contribution is 2.13. The number of hydrogen-bond donors (Lipinski definition) is 1. The largest absolute Gasteiger partial charge is 0.383 e. The summed E-state index contributed by atoms with van der Waals surface area (Å²) in [5.41, 5.74) is -0.249. The number of methoxy groups -OCH3 is 1. The molecule has 0 aliphatic carbocycles. The summed E-state index contributed by atoms with van der Waals surface area (Å²) < 4.78 is 43.6. The molecule has 1 aromatic carbocycles. The third-order valence-corrected chi connectivity index (χ3v) is 2.70. The average Bonchev–Trinajstić information content (AvgIpc) is 2.41. The summed E-state index contributed by atoms with van der Waals surface area (Å²) >= 11 is 0. The minimum Gasteiger partial charge on any atom is -0.383 e. The number of halogens is 3. The molecular weight excluding hydrogens is 273 g/mol. The molecule has 0 unspecified atom stereocenters. The Kier molecular flexibility index (Phi) is 6.47. The standard InChI is InChI=1S/C13H17F3N2O2/c1-18(5-6-20-2)4-3-17-13(19)9-7-10(14)12(16)11(15)8-9/h7-8H,3-6H2,1-2H3,(H,17,19). The molecule has 0 aliphatic heterocycles. The van der Waals surface area contributed by atoms with Gasteiger partial charge in [0.05, 0.1) is 6.61 Å². The molecule has 0 heterocycles. The second kappa shape index (κ2) is 7.86. The normalized spacial score (nSPS) is 10.9. The van der Waals surface area contributed by atoms with Gasteiger partial charge < -0.3 is 15.0 Å². The van der Waals surface area contributed by atoms with Crippen molar-refractivity contribution in [3.63, 3.8) is 0 Å². The van der Waals surface area contributed by atoms with Crippen molar-refractivity contribution in [3.05, 3.63) is 35.1 Å². The molecule has 112 valence electrons. The summed E-state index contributed by atoms with van der Waals surface area (Å²) in [5.74, 6) is -5.00. The first-order chi connectivity index (χ1) is 9.45. The fourth-order valence-electron chi connectivity index (χ4n) is 1.51. The Morgan fingerprint density at radius 2 is 1.85 bits per heavy atom. The maximum Gasteiger partial charge on any atom is 0.251 e. The van der Waals surface area contributed by atoms with E-state index in [9.17, 15) is 18.0 Å². The van der Waals surface area contributed by atoms with E-state index in [0.29, 0.717) is 38.4 Å². The van der Waals surface area contributed by atoms with Crippen molar-refractivity contribution in [2.45, 2.75) is 0 Å². The summed E-state index contributed by atoms with van der Waals surface area (Å²) in [7, 11) is 3.44. The molecule has 7 heteroatoms. The van der Waals surface area contributed by atoms with Crippen LogP contribution < -0.4 is 5.32 Å². The third kappa shape index (κ3) is 4.82. The topological polar surface area (TPSA) is 41.6 Å². The van der Waals surface area contributed by atoms with Crippen molar-refractivity contribution in [1.29, 1.82) is 0 Å². The van der Waals surface area contributed by atoms with E-state index in [4.69, 9.17) is 4.74 Å². The zero-order chi connectivity index (χ0) is 15.1. The van der Waals surface area contributed by atoms with Crippen LogP contribution in [0, 0.1) is 17.5 Å². The van der Waals surface area contributed by atoms with E-state index in [1.54, 1.807) is 7.11 Å². The Morgan fingerprint density at radius 1 is 1.25 bits per heavy atom. The highest BCUT2D eigenvalue weighted by molar-refractivity contribution is 5.94. The first-order valence-electron chi connectivity index (χ1n) is 6.06. The van der Waals surface area contributed by atoms with Gasteiger partial charge in [-0.3, -0.25) is 4.79 Å². The Morgan fingerprint density at radius 3 is 2.40 bits per heavy atom. The van der Waals surface area contributed by atoms with Crippen LogP contribution in [0.15, 0.2) is 12.1 Å². The fraction of sp³-hybridized carbons (Fsp3) is 0.462. The van der Waals surface area contributed by atoms with Crippen LogP contribution in [0.4, 0.5) is 13.2 Å². The van der Waals surface area contributed by atoms with Gasteiger partial charge in [-0.15, -0.1) is 0 Å². The highest BCUT2D eigenvalue weighted by atomic mass is 19.2. The van der Waals surface area contributed by atoms with Crippen LogP contribution in [0.2, 0.25) is 0 Å². The minimum atomic E-state index is -1.58. The Balaban J connectivity index is 2.47. The van der Waals surface area contributed by atoms with Crippen molar-refractivity contribution in [1.82, 2.24) is 10.2 Å². The Hall–Kier alpha value is -1.60. The number of carbonyl (C=O) groups is 1. The molecule has 0 spiro atoms. The van der Waals surface area contributed by atoms with Crippen LogP contribution in [-0.4, -0.2) is 51.2 Å². The summed E-state index contributed by atoms with van der Waals surface area (Å²) in [5, 5.41) is 2.50. The van der Waals surface area contributed by atoms with Gasteiger partial charge in [0.15, 0.2) is 17.5 Å². The molecule has 0 fully saturated rings. The maximum absolute atomic E-state index is 13.0. The summed E-state index contributed by atoms with van der Waals surface area (Å²) in [4.78, 5) is 13.6. The average molecular weight is 290 g/mol. The SMILES string of the molecule is COCCN(C)CCNC(=O)c1cc(F)c(F)c(F)c1. The Bertz CT molecular complexity index is 446. The molecule has 1 N–H and O–H groups in total. The molecule has 0 saturated carbocycles. The number of nitrogens with one attached hydrogen (secondary N) is 1. The molecule has 20 heavy (non-hydrogen) atoms. The van der Waals surface area contributed by atoms with Gasteiger partial charge in [-0.05, 0) is 19.2 Å². The van der Waals surface area contributed by atoms with Gasteiger partial charge in [-0.2, -0.15) is 0 Å². The number of likely N-dealkylation sites (N-methyl/N-ethyl adjacent to an activating group) is 1. The number of rotatable bonds is 7. The van der Waals surface area contributed by atoms with E-state index in [2.05, 4.69) is 5.32 Å². The molecule has 4 nitrogen and oxygen atoms in total. The number of carbonyl (C=O) groups excluding carboxylic acids is 1. The van der Waals surface area contributed by atoms with E-state index < -0.39 is 23.4 Å². The van der Waals surface area contributed by atoms with Crippen LogP contribution in [0.3, 0.4) is 0 Å². The van der Waals surface area contributed by atoms with Crippen molar-refractivity contribution in [2.75, 3.05) is 40.4 Å². The zero-order valence-corrected chi connectivity index (χ0v) is 11.4. The summed E-state index contributed by atoms with van der Waals surface area (Å²) in [6.45, 7) is 2.13. The Labute approximate surface area is 115 Å². The number of amides is 1. The van der Waals surface area contributed by atoms with E-state index in [1.165, 1.54) is 0 Å². The van der Waals surface area contributed by atoms with Gasteiger partial charge in [-0.1, -0.05) is 0 Å². The molecule has 1 rings (SSSR count). The number of benzene rings is 1. The molecule has 1 amide bonds. The predicted octanol–water partition coefficient (Wildman–Crippen LogP) is 1.41. The number of nitrogens with zero attached hydrogens (tertiary/aromatic N) is 1. The summed E-state index contributed by atoms with van der Waals surface area (Å²) in [6, 6.07) is 1.34. The van der Waals surface area contributed by atoms with E-state index in [0.717, 1.165) is 0 Å². The van der Waals surface area contributed by atoms with Crippen LogP contribution in [0.1, 0.15) is 10.4 Å². The molecule has 1 aromatic rings. The molecule has 0 bridgehead atoms. The molecule has 0 aromatic heterocycles. The van der Waals surface area contributed by atoms with E-state index in [1.807, 2.05) is 11.9 Å². The maximum atomic E-state index is 13.0. The molecule has 0 saturated heterocycles. The van der Waals surface area contributed by atoms with Crippen molar-refractivity contribution in [3.8, 4) is 0 Å². The van der Waals surface area contributed by atoms with E-state index in [-0.39, 0.29) is 5.56 Å². The molecule has 0 aliphatic rings. The number of hydrogen-bond acceptors (Lipinski definition) is 3. The van der Waals surface area contributed by atoms with Gasteiger partial charge >= 0.3 is 0 Å². The van der Waals surface area contributed by atoms with Crippen molar-refractivity contribution < 1.29 is 22.7 Å². The molecular formula is C13H17F3N2O2. The molecule has 0 radical (unpaired) electrons. The first-order valence-corrected chi connectivity index (χ1v) is 6.06. The van der Waals surface area contributed by atoms with Gasteiger partial charge in [0.25, 0.3) is 5.91 Å². The quantitative estimate of drug-likeness (QED) is 0.772. The lowest BCUT2D eigenvalue weighted by atomic mass is 10.2. The third-order valence-electron chi connectivity index (χ3n) is 2.70.